The Morgan fingerprint density at radius 3 is 2.18 bits per heavy atom. The standard InChI is InChI=1S/C13H27NO2S/c1-6-17(15,16)14(12-7-8-12)13(4,5)10-9-11(2)3/h11-12H,6-10H2,1-5H3. The molecule has 0 heterocycles. The summed E-state index contributed by atoms with van der Waals surface area (Å²) < 4.78 is 26.2. The van der Waals surface area contributed by atoms with Crippen LogP contribution in [-0.2, 0) is 10.0 Å². The molecular formula is C13H27NO2S. The zero-order valence-corrected chi connectivity index (χ0v) is 12.7. The Morgan fingerprint density at radius 2 is 1.82 bits per heavy atom. The summed E-state index contributed by atoms with van der Waals surface area (Å²) in [6.45, 7) is 10.3. The predicted octanol–water partition coefficient (Wildman–Crippen LogP) is 3.02. The molecule has 1 aliphatic carbocycles. The van der Waals surface area contributed by atoms with E-state index in [-0.39, 0.29) is 17.3 Å². The zero-order valence-electron chi connectivity index (χ0n) is 11.9. The van der Waals surface area contributed by atoms with Crippen molar-refractivity contribution in [3.8, 4) is 0 Å². The smallest absolute Gasteiger partial charge is 0.212 e. The topological polar surface area (TPSA) is 37.4 Å². The first-order valence-corrected chi connectivity index (χ1v) is 8.34. The van der Waals surface area contributed by atoms with Gasteiger partial charge >= 0.3 is 0 Å². The van der Waals surface area contributed by atoms with Crippen LogP contribution in [0.25, 0.3) is 0 Å². The molecule has 0 atom stereocenters. The van der Waals surface area contributed by atoms with Crippen molar-refractivity contribution in [1.82, 2.24) is 4.31 Å². The van der Waals surface area contributed by atoms with E-state index < -0.39 is 10.0 Å². The molecule has 0 aromatic carbocycles. The molecule has 4 heteroatoms. The summed E-state index contributed by atoms with van der Waals surface area (Å²) >= 11 is 0. The van der Waals surface area contributed by atoms with Gasteiger partial charge in [0.1, 0.15) is 0 Å². The summed E-state index contributed by atoms with van der Waals surface area (Å²) in [5, 5.41) is 0. The van der Waals surface area contributed by atoms with Gasteiger partial charge in [-0.1, -0.05) is 13.8 Å². The minimum atomic E-state index is -3.07. The van der Waals surface area contributed by atoms with E-state index in [1.165, 1.54) is 0 Å². The van der Waals surface area contributed by atoms with Gasteiger partial charge < -0.3 is 0 Å². The van der Waals surface area contributed by atoms with Crippen molar-refractivity contribution in [2.75, 3.05) is 5.75 Å². The van der Waals surface area contributed by atoms with Gasteiger partial charge in [0.15, 0.2) is 0 Å². The van der Waals surface area contributed by atoms with Crippen molar-refractivity contribution < 1.29 is 8.42 Å². The zero-order chi connectivity index (χ0) is 13.3. The SMILES string of the molecule is CCS(=O)(=O)N(C1CC1)C(C)(C)CCC(C)C. The van der Waals surface area contributed by atoms with Gasteiger partial charge in [0.2, 0.25) is 10.0 Å². The third-order valence-corrected chi connectivity index (χ3v) is 5.59. The minimum Gasteiger partial charge on any atom is -0.212 e. The van der Waals surface area contributed by atoms with Crippen LogP contribution in [0.1, 0.15) is 60.3 Å². The summed E-state index contributed by atoms with van der Waals surface area (Å²) in [6.07, 6.45) is 4.09. The molecule has 0 radical (unpaired) electrons. The van der Waals surface area contributed by atoms with Crippen molar-refractivity contribution >= 4 is 10.0 Å². The Labute approximate surface area is 107 Å². The van der Waals surface area contributed by atoms with Gasteiger partial charge in [-0.3, -0.25) is 0 Å². The second kappa shape index (κ2) is 5.27. The molecule has 0 amide bonds. The number of sulfonamides is 1. The molecule has 1 aliphatic rings. The maximum atomic E-state index is 12.2. The normalized spacial score (nSPS) is 18.1. The summed E-state index contributed by atoms with van der Waals surface area (Å²) in [5.41, 5.74) is -0.236. The van der Waals surface area contributed by atoms with Gasteiger partial charge in [-0.2, -0.15) is 4.31 Å². The largest absolute Gasteiger partial charge is 0.214 e. The van der Waals surface area contributed by atoms with Crippen molar-refractivity contribution in [1.29, 1.82) is 0 Å². The quantitative estimate of drug-likeness (QED) is 0.706. The summed E-state index contributed by atoms with van der Waals surface area (Å²) in [5.74, 6) is 0.842. The Bertz CT molecular complexity index is 342. The molecular weight excluding hydrogens is 234 g/mol. The van der Waals surface area contributed by atoms with E-state index in [0.717, 1.165) is 25.7 Å². The Hall–Kier alpha value is -0.0900. The minimum absolute atomic E-state index is 0.217. The van der Waals surface area contributed by atoms with Crippen LogP contribution in [0.3, 0.4) is 0 Å². The van der Waals surface area contributed by atoms with Crippen LogP contribution in [0.5, 0.6) is 0 Å². The van der Waals surface area contributed by atoms with Crippen molar-refractivity contribution in [2.24, 2.45) is 5.92 Å². The first-order valence-electron chi connectivity index (χ1n) is 6.73. The van der Waals surface area contributed by atoms with Gasteiger partial charge in [-0.05, 0) is 52.4 Å². The molecule has 102 valence electrons. The van der Waals surface area contributed by atoms with Gasteiger partial charge in [0.25, 0.3) is 0 Å². The van der Waals surface area contributed by atoms with Crippen LogP contribution in [0.2, 0.25) is 0 Å². The Kier molecular flexibility index (Phi) is 4.64. The molecule has 1 rings (SSSR count). The Morgan fingerprint density at radius 1 is 1.29 bits per heavy atom. The van der Waals surface area contributed by atoms with Gasteiger partial charge in [-0.15, -0.1) is 0 Å². The molecule has 17 heavy (non-hydrogen) atoms. The lowest BCUT2D eigenvalue weighted by Crippen LogP contribution is -2.49. The van der Waals surface area contributed by atoms with Gasteiger partial charge in [-0.25, -0.2) is 8.42 Å². The highest BCUT2D eigenvalue weighted by molar-refractivity contribution is 7.89. The molecule has 0 saturated heterocycles. The Balaban J connectivity index is 2.82. The maximum Gasteiger partial charge on any atom is 0.214 e. The molecule has 0 spiro atoms. The van der Waals surface area contributed by atoms with Gasteiger partial charge in [0, 0.05) is 11.6 Å². The average Bonchev–Trinajstić information content (AvgIpc) is 2.98. The second-order valence-corrected chi connectivity index (χ2v) is 8.31. The fourth-order valence-corrected chi connectivity index (χ4v) is 4.09. The first kappa shape index (κ1) is 15.0. The van der Waals surface area contributed by atoms with E-state index in [0.29, 0.717) is 5.92 Å². The number of hydrogen-bond acceptors (Lipinski definition) is 2. The molecule has 1 fully saturated rings. The molecule has 0 N–H and O–H groups in total. The molecule has 0 bridgehead atoms. The fourth-order valence-electron chi connectivity index (χ4n) is 2.30. The molecule has 0 aromatic heterocycles. The first-order chi connectivity index (χ1) is 7.70. The number of hydrogen-bond donors (Lipinski definition) is 0. The van der Waals surface area contributed by atoms with Crippen LogP contribution in [0.4, 0.5) is 0 Å². The molecule has 0 unspecified atom stereocenters. The lowest BCUT2D eigenvalue weighted by Gasteiger charge is -2.38. The van der Waals surface area contributed by atoms with Gasteiger partial charge in [0.05, 0.1) is 5.75 Å². The third-order valence-electron chi connectivity index (χ3n) is 3.47. The van der Waals surface area contributed by atoms with Crippen molar-refractivity contribution in [2.45, 2.75) is 71.9 Å². The lowest BCUT2D eigenvalue weighted by molar-refractivity contribution is 0.194. The number of nitrogens with zero attached hydrogens (tertiary/aromatic N) is 1. The second-order valence-electron chi connectivity index (χ2n) is 6.17. The van der Waals surface area contributed by atoms with E-state index in [2.05, 4.69) is 27.7 Å². The van der Waals surface area contributed by atoms with E-state index in [4.69, 9.17) is 0 Å². The molecule has 1 saturated carbocycles. The number of rotatable bonds is 7. The van der Waals surface area contributed by atoms with E-state index in [9.17, 15) is 8.42 Å². The molecule has 0 aromatic rings. The molecule has 3 nitrogen and oxygen atoms in total. The monoisotopic (exact) mass is 261 g/mol. The summed E-state index contributed by atoms with van der Waals surface area (Å²) in [7, 11) is -3.07. The van der Waals surface area contributed by atoms with E-state index in [1.807, 2.05) is 0 Å². The summed E-state index contributed by atoms with van der Waals surface area (Å²) in [6, 6.07) is 0.266. The van der Waals surface area contributed by atoms with Crippen LogP contribution < -0.4 is 0 Å². The summed E-state index contributed by atoms with van der Waals surface area (Å²) in [4.78, 5) is 0. The van der Waals surface area contributed by atoms with Crippen LogP contribution >= 0.6 is 0 Å². The predicted molar refractivity (Wildman–Crippen MR) is 72.5 cm³/mol. The highest BCUT2D eigenvalue weighted by Gasteiger charge is 2.44. The van der Waals surface area contributed by atoms with E-state index >= 15 is 0 Å². The van der Waals surface area contributed by atoms with Crippen LogP contribution in [0.15, 0.2) is 0 Å². The fraction of sp³-hybridized carbons (Fsp3) is 1.00. The van der Waals surface area contributed by atoms with E-state index in [1.54, 1.807) is 11.2 Å². The van der Waals surface area contributed by atoms with Crippen molar-refractivity contribution in [3.63, 3.8) is 0 Å². The third kappa shape index (κ3) is 3.95. The molecule has 0 aliphatic heterocycles. The van der Waals surface area contributed by atoms with Crippen LogP contribution in [0, 0.1) is 5.92 Å². The highest BCUT2D eigenvalue weighted by Crippen LogP contribution is 2.38. The van der Waals surface area contributed by atoms with Crippen LogP contribution in [-0.4, -0.2) is 30.1 Å². The highest BCUT2D eigenvalue weighted by atomic mass is 32.2. The maximum absolute atomic E-state index is 12.2. The average molecular weight is 261 g/mol. The lowest BCUT2D eigenvalue weighted by atomic mass is 9.94. The van der Waals surface area contributed by atoms with Crippen molar-refractivity contribution in [3.05, 3.63) is 0 Å².